The minimum absolute atomic E-state index is 0.237. The molecule has 0 radical (unpaired) electrons. The molecule has 0 saturated heterocycles. The van der Waals surface area contributed by atoms with Crippen molar-refractivity contribution < 1.29 is 0 Å². The molecule has 0 spiro atoms. The average Bonchev–Trinajstić information content (AvgIpc) is 2.80. The number of aryl methyl sites for hydroxylation is 1. The number of nitrogens with zero attached hydrogens (tertiary/aromatic N) is 4. The van der Waals surface area contributed by atoms with Gasteiger partial charge in [0.1, 0.15) is 0 Å². The van der Waals surface area contributed by atoms with Crippen molar-refractivity contribution in [2.24, 2.45) is 7.05 Å². The van der Waals surface area contributed by atoms with Crippen molar-refractivity contribution in [2.75, 3.05) is 6.54 Å². The molecule has 0 bridgehead atoms. The Morgan fingerprint density at radius 1 is 1.25 bits per heavy atom. The fourth-order valence-corrected chi connectivity index (χ4v) is 2.40. The van der Waals surface area contributed by atoms with Crippen LogP contribution in [0, 0.1) is 0 Å². The highest BCUT2D eigenvalue weighted by molar-refractivity contribution is 6.42. The van der Waals surface area contributed by atoms with Crippen LogP contribution in [0.5, 0.6) is 0 Å². The highest BCUT2D eigenvalue weighted by Gasteiger charge is 2.13. The summed E-state index contributed by atoms with van der Waals surface area (Å²) in [5, 5.41) is 16.7. The first-order valence-corrected chi connectivity index (χ1v) is 7.24. The van der Waals surface area contributed by atoms with Crippen molar-refractivity contribution in [1.82, 2.24) is 25.5 Å². The van der Waals surface area contributed by atoms with Crippen LogP contribution in [0.1, 0.15) is 18.3 Å². The first-order chi connectivity index (χ1) is 9.58. The Bertz CT molecular complexity index is 570. The molecule has 0 aliphatic heterocycles. The summed E-state index contributed by atoms with van der Waals surface area (Å²) in [6, 6.07) is 5.95. The van der Waals surface area contributed by atoms with Crippen LogP contribution in [0.2, 0.25) is 10.0 Å². The van der Waals surface area contributed by atoms with Gasteiger partial charge in [0.2, 0.25) is 0 Å². The predicted molar refractivity (Wildman–Crippen MR) is 80.1 cm³/mol. The van der Waals surface area contributed by atoms with Crippen LogP contribution < -0.4 is 5.32 Å². The van der Waals surface area contributed by atoms with Gasteiger partial charge in [0.15, 0.2) is 5.82 Å². The maximum atomic E-state index is 6.05. The summed E-state index contributed by atoms with van der Waals surface area (Å²) in [5.74, 6) is 0.735. The van der Waals surface area contributed by atoms with Crippen LogP contribution >= 0.6 is 23.2 Å². The molecule has 0 aliphatic rings. The normalized spacial score (nSPS) is 12.6. The van der Waals surface area contributed by atoms with Crippen LogP contribution in [0.4, 0.5) is 0 Å². The molecule has 2 rings (SSSR count). The summed E-state index contributed by atoms with van der Waals surface area (Å²) in [4.78, 5) is 1.47. The van der Waals surface area contributed by atoms with Crippen LogP contribution in [0.25, 0.3) is 0 Å². The van der Waals surface area contributed by atoms with Gasteiger partial charge in [-0.25, -0.2) is 0 Å². The van der Waals surface area contributed by atoms with Gasteiger partial charge in [0.25, 0.3) is 0 Å². The van der Waals surface area contributed by atoms with Crippen LogP contribution in [0.15, 0.2) is 18.2 Å². The van der Waals surface area contributed by atoms with Crippen molar-refractivity contribution >= 4 is 23.2 Å². The van der Waals surface area contributed by atoms with E-state index in [1.54, 1.807) is 7.05 Å². The van der Waals surface area contributed by atoms with E-state index in [4.69, 9.17) is 23.2 Å². The Balaban J connectivity index is 2.06. The number of hydrogen-bond acceptors (Lipinski definition) is 4. The maximum Gasteiger partial charge on any atom is 0.176 e. The SMILES string of the molecule is CCNC(Cc1ccc(Cl)c(Cl)c1)Cc1nnn(C)n1. The number of halogens is 2. The molecule has 0 aliphatic carbocycles. The number of rotatable bonds is 6. The quantitative estimate of drug-likeness (QED) is 0.889. The Labute approximate surface area is 128 Å². The molecule has 1 aromatic carbocycles. The van der Waals surface area contributed by atoms with E-state index in [-0.39, 0.29) is 6.04 Å². The van der Waals surface area contributed by atoms with Crippen molar-refractivity contribution in [3.05, 3.63) is 39.6 Å². The topological polar surface area (TPSA) is 55.6 Å². The molecule has 0 amide bonds. The summed E-state index contributed by atoms with van der Waals surface area (Å²) in [7, 11) is 1.76. The Hall–Kier alpha value is -1.17. The third kappa shape index (κ3) is 4.16. The van der Waals surface area contributed by atoms with Gasteiger partial charge in [-0.05, 0) is 35.9 Å². The first kappa shape index (κ1) is 15.2. The van der Waals surface area contributed by atoms with Crippen molar-refractivity contribution in [3.8, 4) is 0 Å². The third-order valence-electron chi connectivity index (χ3n) is 2.94. The Kier molecular flexibility index (Phi) is 5.34. The molecule has 0 saturated carbocycles. The summed E-state index contributed by atoms with van der Waals surface area (Å²) in [6.07, 6.45) is 1.56. The molecular formula is C13H17Cl2N5. The zero-order valence-corrected chi connectivity index (χ0v) is 13.0. The number of aromatic nitrogens is 4. The molecule has 1 atom stereocenters. The first-order valence-electron chi connectivity index (χ1n) is 6.48. The maximum absolute atomic E-state index is 6.05. The molecule has 7 heteroatoms. The number of likely N-dealkylation sites (N-methyl/N-ethyl adjacent to an activating group) is 1. The number of nitrogens with one attached hydrogen (secondary N) is 1. The monoisotopic (exact) mass is 313 g/mol. The zero-order valence-electron chi connectivity index (χ0n) is 11.5. The van der Waals surface area contributed by atoms with Crippen molar-refractivity contribution in [3.63, 3.8) is 0 Å². The lowest BCUT2D eigenvalue weighted by molar-refractivity contribution is 0.509. The lowest BCUT2D eigenvalue weighted by Crippen LogP contribution is -2.33. The van der Waals surface area contributed by atoms with E-state index in [1.807, 2.05) is 18.2 Å². The van der Waals surface area contributed by atoms with Crippen molar-refractivity contribution in [1.29, 1.82) is 0 Å². The Morgan fingerprint density at radius 3 is 2.65 bits per heavy atom. The summed E-state index contributed by atoms with van der Waals surface area (Å²) >= 11 is 12.0. The predicted octanol–water partition coefficient (Wildman–Crippen LogP) is 2.28. The van der Waals surface area contributed by atoms with Gasteiger partial charge in [-0.15, -0.1) is 10.2 Å². The average molecular weight is 314 g/mol. The lowest BCUT2D eigenvalue weighted by atomic mass is 10.0. The molecule has 20 heavy (non-hydrogen) atoms. The van der Waals surface area contributed by atoms with E-state index in [2.05, 4.69) is 27.7 Å². The smallest absolute Gasteiger partial charge is 0.176 e. The zero-order chi connectivity index (χ0) is 14.5. The van der Waals surface area contributed by atoms with E-state index in [1.165, 1.54) is 4.80 Å². The number of benzene rings is 1. The molecule has 1 heterocycles. The second-order valence-electron chi connectivity index (χ2n) is 4.61. The summed E-state index contributed by atoms with van der Waals surface area (Å²) in [6.45, 7) is 2.96. The fourth-order valence-electron chi connectivity index (χ4n) is 2.08. The van der Waals surface area contributed by atoms with Gasteiger partial charge in [0, 0.05) is 12.5 Å². The minimum Gasteiger partial charge on any atom is -0.313 e. The minimum atomic E-state index is 0.237. The molecule has 1 N–H and O–H groups in total. The van der Waals surface area contributed by atoms with Gasteiger partial charge in [-0.1, -0.05) is 36.2 Å². The van der Waals surface area contributed by atoms with Crippen LogP contribution in [0.3, 0.4) is 0 Å². The molecule has 1 aromatic heterocycles. The van der Waals surface area contributed by atoms with Crippen molar-refractivity contribution in [2.45, 2.75) is 25.8 Å². The number of tetrazole rings is 1. The standard InChI is InChI=1S/C13H17Cl2N5/c1-3-16-10(8-13-17-19-20(2)18-13)6-9-4-5-11(14)12(15)7-9/h4-5,7,10,16H,3,6,8H2,1-2H3. The van der Waals surface area contributed by atoms with Crippen LogP contribution in [-0.2, 0) is 19.9 Å². The van der Waals surface area contributed by atoms with Gasteiger partial charge in [-0.3, -0.25) is 0 Å². The van der Waals surface area contributed by atoms with E-state index in [9.17, 15) is 0 Å². The summed E-state index contributed by atoms with van der Waals surface area (Å²) < 4.78 is 0. The van der Waals surface area contributed by atoms with E-state index < -0.39 is 0 Å². The molecule has 2 aromatic rings. The van der Waals surface area contributed by atoms with Gasteiger partial charge >= 0.3 is 0 Å². The van der Waals surface area contributed by atoms with Gasteiger partial charge in [0.05, 0.1) is 17.1 Å². The Morgan fingerprint density at radius 2 is 2.05 bits per heavy atom. The molecule has 0 fully saturated rings. The van der Waals surface area contributed by atoms with Gasteiger partial charge in [-0.2, -0.15) is 4.80 Å². The molecule has 108 valence electrons. The lowest BCUT2D eigenvalue weighted by Gasteiger charge is -2.16. The van der Waals surface area contributed by atoms with Crippen LogP contribution in [-0.4, -0.2) is 32.8 Å². The van der Waals surface area contributed by atoms with E-state index in [0.29, 0.717) is 10.0 Å². The highest BCUT2D eigenvalue weighted by atomic mass is 35.5. The largest absolute Gasteiger partial charge is 0.313 e. The second kappa shape index (κ2) is 7.02. The molecule has 5 nitrogen and oxygen atoms in total. The fraction of sp³-hybridized carbons (Fsp3) is 0.462. The highest BCUT2D eigenvalue weighted by Crippen LogP contribution is 2.23. The number of hydrogen-bond donors (Lipinski definition) is 1. The molecular weight excluding hydrogens is 297 g/mol. The molecule has 1 unspecified atom stereocenters. The van der Waals surface area contributed by atoms with E-state index >= 15 is 0 Å². The van der Waals surface area contributed by atoms with Gasteiger partial charge < -0.3 is 5.32 Å². The second-order valence-corrected chi connectivity index (χ2v) is 5.42. The third-order valence-corrected chi connectivity index (χ3v) is 3.68. The summed E-state index contributed by atoms with van der Waals surface area (Å²) in [5.41, 5.74) is 1.13. The van der Waals surface area contributed by atoms with E-state index in [0.717, 1.165) is 30.8 Å².